The number of carboxylic acid groups (broad SMARTS) is 1. The number of carboxylic acids is 1. The van der Waals surface area contributed by atoms with Crippen molar-refractivity contribution < 1.29 is 14.7 Å². The maximum atomic E-state index is 12.3. The Balaban J connectivity index is 2.24. The molecule has 0 bridgehead atoms. The Morgan fingerprint density at radius 1 is 1.53 bits per heavy atom. The number of imidazole rings is 1. The van der Waals surface area contributed by atoms with Crippen LogP contribution in [0.2, 0.25) is 0 Å². The number of rotatable bonds is 4. The number of H-pyrrole nitrogens is 1. The SMILES string of the molecule is CC(c1cccs1)N(C)C(=O)c1nc[nH]c1C(=O)O. The number of amides is 1. The lowest BCUT2D eigenvalue weighted by Gasteiger charge is -2.23. The Morgan fingerprint density at radius 2 is 2.26 bits per heavy atom. The number of aromatic carboxylic acids is 1. The summed E-state index contributed by atoms with van der Waals surface area (Å²) in [5.41, 5.74) is -0.256. The molecule has 19 heavy (non-hydrogen) atoms. The molecule has 0 radical (unpaired) electrons. The maximum Gasteiger partial charge on any atom is 0.354 e. The van der Waals surface area contributed by atoms with Gasteiger partial charge in [-0.25, -0.2) is 9.78 Å². The van der Waals surface area contributed by atoms with Crippen molar-refractivity contribution in [1.82, 2.24) is 14.9 Å². The maximum absolute atomic E-state index is 12.3. The second-order valence-electron chi connectivity index (χ2n) is 4.04. The fraction of sp³-hybridized carbons (Fsp3) is 0.250. The van der Waals surface area contributed by atoms with Crippen LogP contribution in [0.5, 0.6) is 0 Å². The van der Waals surface area contributed by atoms with Gasteiger partial charge in [0.2, 0.25) is 0 Å². The minimum atomic E-state index is -1.20. The van der Waals surface area contributed by atoms with E-state index < -0.39 is 11.9 Å². The number of aromatic nitrogens is 2. The Bertz CT molecular complexity index is 591. The Morgan fingerprint density at radius 3 is 2.84 bits per heavy atom. The summed E-state index contributed by atoms with van der Waals surface area (Å²) in [6.07, 6.45) is 1.21. The molecule has 0 aliphatic carbocycles. The Hall–Kier alpha value is -2.15. The van der Waals surface area contributed by atoms with Crippen LogP contribution in [-0.4, -0.2) is 38.9 Å². The third kappa shape index (κ3) is 2.50. The molecule has 2 aromatic heterocycles. The van der Waals surface area contributed by atoms with E-state index in [0.29, 0.717) is 0 Å². The van der Waals surface area contributed by atoms with Crippen molar-refractivity contribution in [3.05, 3.63) is 40.1 Å². The van der Waals surface area contributed by atoms with E-state index in [0.717, 1.165) is 4.88 Å². The highest BCUT2D eigenvalue weighted by atomic mass is 32.1. The summed E-state index contributed by atoms with van der Waals surface area (Å²) in [6.45, 7) is 1.89. The molecule has 1 atom stereocenters. The lowest BCUT2D eigenvalue weighted by atomic mass is 10.2. The van der Waals surface area contributed by atoms with Gasteiger partial charge >= 0.3 is 5.97 Å². The van der Waals surface area contributed by atoms with E-state index in [2.05, 4.69) is 9.97 Å². The van der Waals surface area contributed by atoms with Gasteiger partial charge in [0, 0.05) is 11.9 Å². The number of carbonyl (C=O) groups is 2. The van der Waals surface area contributed by atoms with Gasteiger partial charge in [-0.3, -0.25) is 4.79 Å². The van der Waals surface area contributed by atoms with Crippen LogP contribution in [0.1, 0.15) is 38.8 Å². The van der Waals surface area contributed by atoms with Crippen LogP contribution in [0.15, 0.2) is 23.8 Å². The average Bonchev–Trinajstić information content (AvgIpc) is 3.06. The summed E-state index contributed by atoms with van der Waals surface area (Å²) in [6, 6.07) is 3.71. The van der Waals surface area contributed by atoms with Crippen molar-refractivity contribution in [2.45, 2.75) is 13.0 Å². The van der Waals surface area contributed by atoms with Crippen LogP contribution in [0, 0.1) is 0 Å². The third-order valence-electron chi connectivity index (χ3n) is 2.91. The zero-order valence-corrected chi connectivity index (χ0v) is 11.3. The van der Waals surface area contributed by atoms with Gasteiger partial charge < -0.3 is 15.0 Å². The van der Waals surface area contributed by atoms with E-state index in [1.807, 2.05) is 24.4 Å². The van der Waals surface area contributed by atoms with E-state index in [1.165, 1.54) is 11.2 Å². The summed E-state index contributed by atoms with van der Waals surface area (Å²) >= 11 is 1.55. The molecule has 2 N–H and O–H groups in total. The largest absolute Gasteiger partial charge is 0.477 e. The molecule has 2 heterocycles. The average molecular weight is 279 g/mol. The van der Waals surface area contributed by atoms with Crippen molar-refractivity contribution in [3.63, 3.8) is 0 Å². The van der Waals surface area contributed by atoms with Gasteiger partial charge in [0.1, 0.15) is 0 Å². The normalized spacial score (nSPS) is 12.1. The Kier molecular flexibility index (Phi) is 3.66. The number of hydrogen-bond acceptors (Lipinski definition) is 4. The number of hydrogen-bond donors (Lipinski definition) is 2. The standard InChI is InChI=1S/C12H13N3O3S/c1-7(8-4-3-5-19-8)15(2)11(16)9-10(12(17)18)14-6-13-9/h3-7H,1-2H3,(H,13,14)(H,17,18). The first-order chi connectivity index (χ1) is 9.02. The van der Waals surface area contributed by atoms with Gasteiger partial charge in [-0.2, -0.15) is 0 Å². The summed E-state index contributed by atoms with van der Waals surface area (Å²) in [5.74, 6) is -1.61. The van der Waals surface area contributed by atoms with Gasteiger partial charge in [-0.1, -0.05) is 6.07 Å². The predicted octanol–water partition coefficient (Wildman–Crippen LogP) is 2.00. The van der Waals surface area contributed by atoms with E-state index in [1.54, 1.807) is 18.4 Å². The quantitative estimate of drug-likeness (QED) is 0.896. The molecule has 0 aliphatic rings. The predicted molar refractivity (Wildman–Crippen MR) is 70.4 cm³/mol. The smallest absolute Gasteiger partial charge is 0.354 e. The molecule has 0 aliphatic heterocycles. The van der Waals surface area contributed by atoms with Crippen LogP contribution < -0.4 is 0 Å². The fourth-order valence-corrected chi connectivity index (χ4v) is 2.51. The number of nitrogens with zero attached hydrogens (tertiary/aromatic N) is 2. The van der Waals surface area contributed by atoms with Crippen molar-refractivity contribution in [2.24, 2.45) is 0 Å². The summed E-state index contributed by atoms with van der Waals surface area (Å²) < 4.78 is 0. The van der Waals surface area contributed by atoms with Crippen LogP contribution in [0.4, 0.5) is 0 Å². The fourth-order valence-electron chi connectivity index (χ4n) is 1.68. The van der Waals surface area contributed by atoms with Crippen LogP contribution in [-0.2, 0) is 0 Å². The Labute approximate surface area is 113 Å². The molecule has 100 valence electrons. The molecule has 6 nitrogen and oxygen atoms in total. The third-order valence-corrected chi connectivity index (χ3v) is 3.95. The number of carbonyl (C=O) groups excluding carboxylic acids is 1. The van der Waals surface area contributed by atoms with E-state index in [4.69, 9.17) is 5.11 Å². The van der Waals surface area contributed by atoms with Crippen LogP contribution >= 0.6 is 11.3 Å². The first-order valence-corrected chi connectivity index (χ1v) is 6.47. The van der Waals surface area contributed by atoms with Gasteiger partial charge in [0.25, 0.3) is 5.91 Å². The van der Waals surface area contributed by atoms with Crippen molar-refractivity contribution in [2.75, 3.05) is 7.05 Å². The highest BCUT2D eigenvalue weighted by molar-refractivity contribution is 7.10. The molecule has 1 amide bonds. The molecule has 2 aromatic rings. The minimum Gasteiger partial charge on any atom is -0.477 e. The van der Waals surface area contributed by atoms with Crippen LogP contribution in [0.25, 0.3) is 0 Å². The molecule has 0 aromatic carbocycles. The molecular formula is C12H13N3O3S. The van der Waals surface area contributed by atoms with Crippen LogP contribution in [0.3, 0.4) is 0 Å². The number of aromatic amines is 1. The van der Waals surface area contributed by atoms with Gasteiger partial charge in [-0.05, 0) is 18.4 Å². The topological polar surface area (TPSA) is 86.3 Å². The second kappa shape index (κ2) is 5.23. The molecule has 0 saturated heterocycles. The second-order valence-corrected chi connectivity index (χ2v) is 5.02. The highest BCUT2D eigenvalue weighted by Gasteiger charge is 2.26. The number of thiophene rings is 1. The summed E-state index contributed by atoms with van der Waals surface area (Å²) in [7, 11) is 1.63. The van der Waals surface area contributed by atoms with Crippen molar-refractivity contribution >= 4 is 23.2 Å². The first-order valence-electron chi connectivity index (χ1n) is 5.59. The number of nitrogens with one attached hydrogen (secondary N) is 1. The summed E-state index contributed by atoms with van der Waals surface area (Å²) in [5, 5.41) is 10.9. The molecule has 0 fully saturated rings. The lowest BCUT2D eigenvalue weighted by Crippen LogP contribution is -2.30. The highest BCUT2D eigenvalue weighted by Crippen LogP contribution is 2.24. The molecule has 7 heteroatoms. The van der Waals surface area contributed by atoms with Crippen molar-refractivity contribution in [1.29, 1.82) is 0 Å². The van der Waals surface area contributed by atoms with Gasteiger partial charge in [0.05, 0.1) is 12.4 Å². The zero-order chi connectivity index (χ0) is 14.0. The van der Waals surface area contributed by atoms with Gasteiger partial charge in [0.15, 0.2) is 11.4 Å². The van der Waals surface area contributed by atoms with Gasteiger partial charge in [-0.15, -0.1) is 11.3 Å². The van der Waals surface area contributed by atoms with E-state index >= 15 is 0 Å². The van der Waals surface area contributed by atoms with Crippen molar-refractivity contribution in [3.8, 4) is 0 Å². The molecule has 0 spiro atoms. The van der Waals surface area contributed by atoms with E-state index in [-0.39, 0.29) is 17.4 Å². The molecule has 2 rings (SSSR count). The summed E-state index contributed by atoms with van der Waals surface area (Å²) in [4.78, 5) is 32.0. The monoisotopic (exact) mass is 279 g/mol. The molecule has 0 saturated carbocycles. The zero-order valence-electron chi connectivity index (χ0n) is 10.5. The minimum absolute atomic E-state index is 0.0709. The lowest BCUT2D eigenvalue weighted by molar-refractivity contribution is 0.0665. The molecular weight excluding hydrogens is 266 g/mol. The molecule has 1 unspecified atom stereocenters. The first kappa shape index (κ1) is 13.3. The van der Waals surface area contributed by atoms with E-state index in [9.17, 15) is 9.59 Å².